The van der Waals surface area contributed by atoms with Crippen LogP contribution in [0, 0.1) is 17.8 Å². The zero-order valence-electron chi connectivity index (χ0n) is 24.8. The number of nitrogen functional groups attached to an aromatic ring is 1. The second-order valence-electron chi connectivity index (χ2n) is 13.8. The van der Waals surface area contributed by atoms with E-state index in [1.807, 2.05) is 4.57 Å². The molecule has 3 aromatic heterocycles. The number of benzene rings is 1. The van der Waals surface area contributed by atoms with Gasteiger partial charge in [0.15, 0.2) is 11.5 Å². The summed E-state index contributed by atoms with van der Waals surface area (Å²) >= 11 is 0. The Balaban J connectivity index is 1.14. The van der Waals surface area contributed by atoms with Crippen molar-refractivity contribution in [3.05, 3.63) is 42.2 Å². The summed E-state index contributed by atoms with van der Waals surface area (Å²) in [6, 6.07) is 6.38. The highest BCUT2D eigenvalue weighted by Gasteiger charge is 2.58. The number of nitrogens with zero attached hydrogens (tertiary/aromatic N) is 5. The zero-order chi connectivity index (χ0) is 29.1. The van der Waals surface area contributed by atoms with E-state index in [1.54, 1.807) is 6.33 Å². The zero-order valence-corrected chi connectivity index (χ0v) is 24.8. The predicted octanol–water partition coefficient (Wildman–Crippen LogP) is 3.89. The van der Waals surface area contributed by atoms with E-state index in [2.05, 4.69) is 78.1 Å². The van der Waals surface area contributed by atoms with Crippen LogP contribution in [-0.2, 0) is 11.8 Å². The molecule has 0 radical (unpaired) electrons. The first-order chi connectivity index (χ1) is 19.4. The summed E-state index contributed by atoms with van der Waals surface area (Å²) in [6.45, 7) is 11.1. The molecule has 0 spiro atoms. The Hall–Kier alpha value is -3.08. The minimum absolute atomic E-state index is 0.0383. The van der Waals surface area contributed by atoms with Crippen LogP contribution < -0.4 is 11.1 Å². The van der Waals surface area contributed by atoms with E-state index >= 15 is 0 Å². The number of aliphatic hydroxyl groups is 2. The largest absolute Gasteiger partial charge is 0.388 e. The molecule has 0 saturated heterocycles. The van der Waals surface area contributed by atoms with Gasteiger partial charge in [-0.2, -0.15) is 0 Å². The van der Waals surface area contributed by atoms with E-state index in [4.69, 9.17) is 10.7 Å². The normalized spacial score (nSPS) is 28.6. The molecular weight excluding hydrogens is 516 g/mol. The number of hydrogen-bond donors (Lipinski definition) is 5. The highest BCUT2D eigenvalue weighted by molar-refractivity contribution is 5.81. The predicted molar refractivity (Wildman–Crippen MR) is 160 cm³/mol. The molecule has 1 aromatic carbocycles. The maximum atomic E-state index is 12.0. The van der Waals surface area contributed by atoms with Gasteiger partial charge in [0.25, 0.3) is 0 Å². The van der Waals surface area contributed by atoms with Crippen LogP contribution in [-0.4, -0.2) is 64.0 Å². The van der Waals surface area contributed by atoms with Crippen LogP contribution in [0.2, 0.25) is 0 Å². The van der Waals surface area contributed by atoms with Crippen molar-refractivity contribution < 1.29 is 10.2 Å². The molecule has 0 amide bonds. The fourth-order valence-electron chi connectivity index (χ4n) is 7.07. The quantitative estimate of drug-likeness (QED) is 0.218. The first-order valence-corrected chi connectivity index (χ1v) is 15.0. The fourth-order valence-corrected chi connectivity index (χ4v) is 7.07. The molecule has 0 unspecified atom stereocenters. The maximum absolute atomic E-state index is 12.0. The smallest absolute Gasteiger partial charge is 0.165 e. The molecule has 2 aliphatic carbocycles. The van der Waals surface area contributed by atoms with Crippen molar-refractivity contribution in [3.8, 4) is 0 Å². The van der Waals surface area contributed by atoms with Gasteiger partial charge >= 0.3 is 0 Å². The molecule has 2 saturated carbocycles. The number of aryl methyl sites for hydroxylation is 1. The van der Waals surface area contributed by atoms with E-state index in [0.29, 0.717) is 41.8 Å². The van der Waals surface area contributed by atoms with Crippen molar-refractivity contribution in [2.45, 2.75) is 95.9 Å². The molecule has 10 nitrogen and oxygen atoms in total. The average Bonchev–Trinajstić information content (AvgIpc) is 3.57. The fraction of sp³-hybridized carbons (Fsp3) is 0.613. The SMILES string of the molecule is CC(C)NC[C@@]1(O)[C@@H](C2CC(CCc3nc4ccc(C(C)(C)C)cc4[nH]3)C2)C[C@@H](n2cnc3c(N)ncnc32)[C@@H]1O. The summed E-state index contributed by atoms with van der Waals surface area (Å²) in [7, 11) is 0. The van der Waals surface area contributed by atoms with Gasteiger partial charge < -0.3 is 30.8 Å². The van der Waals surface area contributed by atoms with Gasteiger partial charge in [-0.15, -0.1) is 0 Å². The molecule has 3 heterocycles. The lowest BCUT2D eigenvalue weighted by atomic mass is 9.63. The van der Waals surface area contributed by atoms with Crippen LogP contribution >= 0.6 is 0 Å². The first kappa shape index (κ1) is 28.1. The second kappa shape index (κ2) is 10.3. The number of nitrogens with one attached hydrogen (secondary N) is 2. The molecule has 0 aliphatic heterocycles. The number of H-pyrrole nitrogens is 1. The highest BCUT2D eigenvalue weighted by Crippen LogP contribution is 2.54. The van der Waals surface area contributed by atoms with Gasteiger partial charge in [-0.3, -0.25) is 0 Å². The van der Waals surface area contributed by atoms with Crippen molar-refractivity contribution in [2.75, 3.05) is 12.3 Å². The highest BCUT2D eigenvalue weighted by atomic mass is 16.3. The van der Waals surface area contributed by atoms with Crippen LogP contribution in [0.4, 0.5) is 5.82 Å². The molecule has 0 bridgehead atoms. The summed E-state index contributed by atoms with van der Waals surface area (Å²) in [4.78, 5) is 21.2. The van der Waals surface area contributed by atoms with Gasteiger partial charge in [-0.05, 0) is 66.5 Å². The van der Waals surface area contributed by atoms with Gasteiger partial charge in [-0.1, -0.05) is 40.7 Å². The lowest BCUT2D eigenvalue weighted by molar-refractivity contribution is -0.112. The molecule has 6 N–H and O–H groups in total. The van der Waals surface area contributed by atoms with Crippen LogP contribution in [0.3, 0.4) is 0 Å². The third-order valence-corrected chi connectivity index (χ3v) is 9.58. The van der Waals surface area contributed by atoms with Crippen molar-refractivity contribution in [3.63, 3.8) is 0 Å². The van der Waals surface area contributed by atoms with E-state index in [0.717, 1.165) is 42.5 Å². The van der Waals surface area contributed by atoms with E-state index in [9.17, 15) is 10.2 Å². The third kappa shape index (κ3) is 5.10. The lowest BCUT2D eigenvalue weighted by Gasteiger charge is -2.45. The van der Waals surface area contributed by atoms with Crippen LogP contribution in [0.1, 0.15) is 77.7 Å². The molecule has 6 rings (SSSR count). The molecule has 10 heteroatoms. The molecule has 2 aliphatic rings. The number of aromatic amines is 1. The maximum Gasteiger partial charge on any atom is 0.165 e. The van der Waals surface area contributed by atoms with Crippen molar-refractivity contribution in [1.82, 2.24) is 34.8 Å². The summed E-state index contributed by atoms with van der Waals surface area (Å²) in [5, 5.41) is 27.0. The number of rotatable bonds is 8. The number of imidazole rings is 2. The summed E-state index contributed by atoms with van der Waals surface area (Å²) in [6.07, 6.45) is 6.85. The van der Waals surface area contributed by atoms with Crippen molar-refractivity contribution in [2.24, 2.45) is 17.8 Å². The Morgan fingerprint density at radius 1 is 1.17 bits per heavy atom. The summed E-state index contributed by atoms with van der Waals surface area (Å²) in [5.74, 6) is 2.24. The van der Waals surface area contributed by atoms with Gasteiger partial charge in [0.2, 0.25) is 0 Å². The summed E-state index contributed by atoms with van der Waals surface area (Å²) in [5.41, 5.74) is 9.42. The Morgan fingerprint density at radius 3 is 2.68 bits per heavy atom. The molecular formula is C31H44N8O2. The summed E-state index contributed by atoms with van der Waals surface area (Å²) < 4.78 is 1.88. The molecule has 41 heavy (non-hydrogen) atoms. The Kier molecular flexibility index (Phi) is 7.07. The first-order valence-electron chi connectivity index (χ1n) is 15.0. The van der Waals surface area contributed by atoms with Crippen molar-refractivity contribution >= 4 is 28.0 Å². The lowest BCUT2D eigenvalue weighted by Crippen LogP contribution is -2.56. The van der Waals surface area contributed by atoms with Gasteiger partial charge in [-0.25, -0.2) is 19.9 Å². The number of fused-ring (bicyclic) bond motifs is 2. The van der Waals surface area contributed by atoms with E-state index in [1.165, 1.54) is 11.9 Å². The van der Waals surface area contributed by atoms with Crippen LogP contribution in [0.15, 0.2) is 30.9 Å². The standard InChI is InChI=1S/C31H44N8O2/c1-17(2)33-14-31(41)21(13-24(27(31)40)39-16-36-26-28(32)34-15-35-29(26)39)19-10-18(11-19)6-9-25-37-22-8-7-20(30(3,4)5)12-23(22)38-25/h7-8,12,15-19,21,24,27,33,40-41H,6,9-11,13-14H2,1-5H3,(H,37,38)(H2,32,34,35)/t18?,19?,21-,24-,27+,31-/m1/s1. The number of aliphatic hydroxyl groups excluding tert-OH is 1. The van der Waals surface area contributed by atoms with Crippen LogP contribution in [0.5, 0.6) is 0 Å². The monoisotopic (exact) mass is 560 g/mol. The molecule has 4 atom stereocenters. The van der Waals surface area contributed by atoms with Gasteiger partial charge in [0.05, 0.1) is 23.4 Å². The number of aromatic nitrogens is 6. The molecule has 4 aromatic rings. The van der Waals surface area contributed by atoms with E-state index in [-0.39, 0.29) is 23.4 Å². The molecule has 220 valence electrons. The topological polar surface area (TPSA) is 151 Å². The number of hydrogen-bond acceptors (Lipinski definition) is 8. The average molecular weight is 561 g/mol. The minimum Gasteiger partial charge on any atom is -0.388 e. The molecule has 2 fully saturated rings. The van der Waals surface area contributed by atoms with E-state index < -0.39 is 11.7 Å². The number of nitrogens with two attached hydrogens (primary N) is 1. The van der Waals surface area contributed by atoms with Crippen molar-refractivity contribution in [1.29, 1.82) is 0 Å². The third-order valence-electron chi connectivity index (χ3n) is 9.58. The Bertz CT molecular complexity index is 1530. The van der Waals surface area contributed by atoms with Gasteiger partial charge in [0.1, 0.15) is 29.4 Å². The van der Waals surface area contributed by atoms with Crippen LogP contribution in [0.25, 0.3) is 22.2 Å². The Labute approximate surface area is 241 Å². The second-order valence-corrected chi connectivity index (χ2v) is 13.8. The number of anilines is 1. The minimum atomic E-state index is -1.25. The van der Waals surface area contributed by atoms with Gasteiger partial charge in [0, 0.05) is 19.0 Å². The Morgan fingerprint density at radius 2 is 1.95 bits per heavy atom.